The van der Waals surface area contributed by atoms with Crippen LogP contribution in [-0.2, 0) is 0 Å². The van der Waals surface area contributed by atoms with Crippen molar-refractivity contribution in [2.75, 3.05) is 25.2 Å². The summed E-state index contributed by atoms with van der Waals surface area (Å²) in [5, 5.41) is 8.58. The van der Waals surface area contributed by atoms with E-state index in [0.717, 1.165) is 5.75 Å². The van der Waals surface area contributed by atoms with Crippen molar-refractivity contribution in [3.05, 3.63) is 29.6 Å². The van der Waals surface area contributed by atoms with Crippen LogP contribution in [-0.4, -0.2) is 36.1 Å². The molecule has 0 radical (unpaired) electrons. The molecular weight excluding hydrogens is 243 g/mol. The Bertz CT molecular complexity index is 382. The van der Waals surface area contributed by atoms with Gasteiger partial charge in [0.15, 0.2) is 17.3 Å². The van der Waals surface area contributed by atoms with Crippen molar-refractivity contribution < 1.29 is 19.0 Å². The van der Waals surface area contributed by atoms with Crippen LogP contribution in [0, 0.1) is 5.82 Å². The molecule has 1 N–H and O–H groups in total. The minimum Gasteiger partial charge on any atom is -0.494 e. The number of thioether (sulfide) groups is 1. The molecular formula is C12H15FO3S. The van der Waals surface area contributed by atoms with E-state index in [9.17, 15) is 9.18 Å². The first-order valence-corrected chi connectivity index (χ1v) is 6.40. The van der Waals surface area contributed by atoms with Crippen molar-refractivity contribution in [1.29, 1.82) is 0 Å². The second-order valence-electron chi connectivity index (χ2n) is 3.40. The molecule has 1 aromatic rings. The monoisotopic (exact) mass is 258 g/mol. The van der Waals surface area contributed by atoms with E-state index in [1.54, 1.807) is 6.07 Å². The van der Waals surface area contributed by atoms with Crippen LogP contribution in [0.25, 0.3) is 0 Å². The Morgan fingerprint density at radius 2 is 2.29 bits per heavy atom. The number of carbonyl (C=O) groups is 1. The first-order valence-electron chi connectivity index (χ1n) is 5.24. The molecule has 0 saturated carbocycles. The van der Waals surface area contributed by atoms with Crippen LogP contribution in [0.15, 0.2) is 18.2 Å². The van der Waals surface area contributed by atoms with Gasteiger partial charge in [0.1, 0.15) is 0 Å². The van der Waals surface area contributed by atoms with E-state index in [0.29, 0.717) is 17.7 Å². The summed E-state index contributed by atoms with van der Waals surface area (Å²) in [6.07, 6.45) is 0.662. The molecule has 5 heteroatoms. The summed E-state index contributed by atoms with van der Waals surface area (Å²) in [5.74, 6) is 0.509. The van der Waals surface area contributed by atoms with Gasteiger partial charge < -0.3 is 9.84 Å². The topological polar surface area (TPSA) is 46.5 Å². The standard InChI is InChI=1S/C12H15FO3S/c1-16-12-4-3-9(7-10(12)13)11(15)8-17-6-2-5-14/h3-4,7,14H,2,5-6,8H2,1H3. The second kappa shape index (κ2) is 7.29. The summed E-state index contributed by atoms with van der Waals surface area (Å²) in [6, 6.07) is 4.19. The third-order valence-electron chi connectivity index (χ3n) is 2.15. The normalized spacial score (nSPS) is 10.3. The molecule has 0 aromatic heterocycles. The van der Waals surface area contributed by atoms with Crippen molar-refractivity contribution in [2.45, 2.75) is 6.42 Å². The minimum absolute atomic E-state index is 0.116. The molecule has 0 unspecified atom stereocenters. The third-order valence-corrected chi connectivity index (χ3v) is 3.20. The second-order valence-corrected chi connectivity index (χ2v) is 4.51. The lowest BCUT2D eigenvalue weighted by Crippen LogP contribution is -2.04. The van der Waals surface area contributed by atoms with Crippen LogP contribution >= 0.6 is 11.8 Å². The molecule has 0 aliphatic carbocycles. The molecule has 1 rings (SSSR count). The molecule has 1 aromatic carbocycles. The Hall–Kier alpha value is -1.07. The number of methoxy groups -OCH3 is 1. The highest BCUT2D eigenvalue weighted by Crippen LogP contribution is 2.18. The molecule has 0 amide bonds. The van der Waals surface area contributed by atoms with Crippen molar-refractivity contribution in [3.63, 3.8) is 0 Å². The van der Waals surface area contributed by atoms with E-state index in [2.05, 4.69) is 0 Å². The number of hydrogen-bond acceptors (Lipinski definition) is 4. The number of ether oxygens (including phenoxy) is 1. The number of rotatable bonds is 7. The Morgan fingerprint density at radius 1 is 1.53 bits per heavy atom. The van der Waals surface area contributed by atoms with Crippen molar-refractivity contribution in [1.82, 2.24) is 0 Å². The largest absolute Gasteiger partial charge is 0.494 e. The highest BCUT2D eigenvalue weighted by atomic mass is 32.2. The lowest BCUT2D eigenvalue weighted by molar-refractivity contribution is 0.102. The summed E-state index contributed by atoms with van der Waals surface area (Å²) in [6.45, 7) is 0.123. The van der Waals surface area contributed by atoms with Gasteiger partial charge >= 0.3 is 0 Å². The quantitative estimate of drug-likeness (QED) is 0.601. The predicted molar refractivity (Wildman–Crippen MR) is 66.3 cm³/mol. The van der Waals surface area contributed by atoms with Crippen LogP contribution in [0.1, 0.15) is 16.8 Å². The van der Waals surface area contributed by atoms with E-state index in [1.807, 2.05) is 0 Å². The van der Waals surface area contributed by atoms with Gasteiger partial charge in [-0.3, -0.25) is 4.79 Å². The molecule has 0 heterocycles. The number of aliphatic hydroxyl groups excluding tert-OH is 1. The maximum absolute atomic E-state index is 13.3. The van der Waals surface area contributed by atoms with Gasteiger partial charge in [0.2, 0.25) is 0 Å². The Labute approximate surface area is 104 Å². The van der Waals surface area contributed by atoms with Crippen molar-refractivity contribution in [2.24, 2.45) is 0 Å². The predicted octanol–water partition coefficient (Wildman–Crippen LogP) is 2.13. The fraction of sp³-hybridized carbons (Fsp3) is 0.417. The summed E-state index contributed by atoms with van der Waals surface area (Å²) in [4.78, 5) is 11.7. The molecule has 17 heavy (non-hydrogen) atoms. The molecule has 0 atom stereocenters. The van der Waals surface area contributed by atoms with Crippen LogP contribution in [0.5, 0.6) is 5.75 Å². The van der Waals surface area contributed by atoms with Gasteiger partial charge in [-0.15, -0.1) is 0 Å². The number of benzene rings is 1. The first-order chi connectivity index (χ1) is 8.19. The molecule has 0 spiro atoms. The van der Waals surface area contributed by atoms with Crippen molar-refractivity contribution in [3.8, 4) is 5.75 Å². The number of ketones is 1. The SMILES string of the molecule is COc1ccc(C(=O)CSCCCO)cc1F. The zero-order valence-corrected chi connectivity index (χ0v) is 10.4. The molecule has 3 nitrogen and oxygen atoms in total. The number of carbonyl (C=O) groups excluding carboxylic acids is 1. The maximum Gasteiger partial charge on any atom is 0.172 e. The van der Waals surface area contributed by atoms with E-state index in [-0.39, 0.29) is 18.1 Å². The van der Waals surface area contributed by atoms with Gasteiger partial charge in [0.25, 0.3) is 0 Å². The van der Waals surface area contributed by atoms with Crippen LogP contribution in [0.3, 0.4) is 0 Å². The number of halogens is 1. The summed E-state index contributed by atoms with van der Waals surface area (Å²) < 4.78 is 18.1. The highest BCUT2D eigenvalue weighted by Gasteiger charge is 2.09. The zero-order valence-electron chi connectivity index (χ0n) is 9.61. The van der Waals surface area contributed by atoms with E-state index in [4.69, 9.17) is 9.84 Å². The summed E-state index contributed by atoms with van der Waals surface area (Å²) in [7, 11) is 1.38. The third kappa shape index (κ3) is 4.36. The lowest BCUT2D eigenvalue weighted by atomic mass is 10.1. The van der Waals surface area contributed by atoms with Crippen LogP contribution in [0.2, 0.25) is 0 Å². The van der Waals surface area contributed by atoms with Gasteiger partial charge in [0.05, 0.1) is 12.9 Å². The van der Waals surface area contributed by atoms with E-state index < -0.39 is 5.82 Å². The highest BCUT2D eigenvalue weighted by molar-refractivity contribution is 7.99. The number of aliphatic hydroxyl groups is 1. The van der Waals surface area contributed by atoms with Gasteiger partial charge in [-0.25, -0.2) is 4.39 Å². The van der Waals surface area contributed by atoms with Gasteiger partial charge in [-0.2, -0.15) is 11.8 Å². The summed E-state index contributed by atoms with van der Waals surface area (Å²) >= 11 is 1.43. The molecule has 0 saturated heterocycles. The molecule has 94 valence electrons. The molecule has 0 bridgehead atoms. The Balaban J connectivity index is 2.54. The maximum atomic E-state index is 13.3. The minimum atomic E-state index is -0.529. The molecule has 0 fully saturated rings. The average Bonchev–Trinajstić information content (AvgIpc) is 2.34. The Morgan fingerprint density at radius 3 is 2.88 bits per heavy atom. The lowest BCUT2D eigenvalue weighted by Gasteiger charge is -2.04. The van der Waals surface area contributed by atoms with Crippen LogP contribution < -0.4 is 4.74 Å². The number of Topliss-reactive ketones (excluding diaryl/α,β-unsaturated/α-hetero) is 1. The smallest absolute Gasteiger partial charge is 0.172 e. The molecule has 0 aliphatic rings. The first kappa shape index (κ1) is 14.0. The van der Waals surface area contributed by atoms with Gasteiger partial charge in [0, 0.05) is 12.2 Å². The van der Waals surface area contributed by atoms with Crippen LogP contribution in [0.4, 0.5) is 4.39 Å². The van der Waals surface area contributed by atoms with E-state index >= 15 is 0 Å². The van der Waals surface area contributed by atoms with Gasteiger partial charge in [-0.05, 0) is 30.4 Å². The molecule has 0 aliphatic heterocycles. The average molecular weight is 258 g/mol. The number of hydrogen-bond donors (Lipinski definition) is 1. The summed E-state index contributed by atoms with van der Waals surface area (Å²) in [5.41, 5.74) is 0.347. The van der Waals surface area contributed by atoms with Crippen molar-refractivity contribution >= 4 is 17.5 Å². The fourth-order valence-corrected chi connectivity index (χ4v) is 2.08. The fourth-order valence-electron chi connectivity index (χ4n) is 1.25. The van der Waals surface area contributed by atoms with E-state index in [1.165, 1.54) is 31.0 Å². The zero-order chi connectivity index (χ0) is 12.7. The van der Waals surface area contributed by atoms with Gasteiger partial charge in [-0.1, -0.05) is 0 Å². The Kier molecular flexibility index (Phi) is 6.00.